The summed E-state index contributed by atoms with van der Waals surface area (Å²) in [6, 6.07) is 0. The minimum atomic E-state index is 0.00126. The van der Waals surface area contributed by atoms with E-state index in [1.54, 1.807) is 0 Å². The zero-order valence-electron chi connectivity index (χ0n) is 36.2. The molecule has 0 aromatic rings. The van der Waals surface area contributed by atoms with Crippen molar-refractivity contribution >= 4 is 11.9 Å². The van der Waals surface area contributed by atoms with E-state index in [2.05, 4.69) is 74.1 Å². The van der Waals surface area contributed by atoms with E-state index >= 15 is 0 Å². The minimum Gasteiger partial charge on any atom is -0.465 e. The van der Waals surface area contributed by atoms with Gasteiger partial charge < -0.3 is 14.4 Å². The lowest BCUT2D eigenvalue weighted by molar-refractivity contribution is -0.146. The second kappa shape index (κ2) is 33.5. The van der Waals surface area contributed by atoms with Crippen LogP contribution in [0.15, 0.2) is 0 Å². The molecule has 0 bridgehead atoms. The summed E-state index contributed by atoms with van der Waals surface area (Å²) in [5, 5.41) is 0. The highest BCUT2D eigenvalue weighted by Crippen LogP contribution is 2.23. The average molecular weight is 722 g/mol. The second-order valence-electron chi connectivity index (χ2n) is 17.7. The maximum atomic E-state index is 12.3. The molecule has 0 rings (SSSR count). The molecule has 0 amide bonds. The number of unbranched alkanes of at least 4 members (excludes halogenated alkanes) is 12. The lowest BCUT2D eigenvalue weighted by Crippen LogP contribution is -2.29. The summed E-state index contributed by atoms with van der Waals surface area (Å²) >= 11 is 0. The van der Waals surface area contributed by atoms with Gasteiger partial charge in [-0.1, -0.05) is 159 Å². The summed E-state index contributed by atoms with van der Waals surface area (Å²) in [6.07, 6.45) is 25.9. The van der Waals surface area contributed by atoms with E-state index in [1.165, 1.54) is 96.4 Å². The van der Waals surface area contributed by atoms with Gasteiger partial charge >= 0.3 is 11.9 Å². The van der Waals surface area contributed by atoms with Crippen LogP contribution in [0.4, 0.5) is 0 Å². The van der Waals surface area contributed by atoms with Gasteiger partial charge in [0.05, 0.1) is 13.2 Å². The second-order valence-corrected chi connectivity index (χ2v) is 17.7. The predicted molar refractivity (Wildman–Crippen MR) is 221 cm³/mol. The van der Waals surface area contributed by atoms with Crippen LogP contribution >= 0.6 is 0 Å². The third-order valence-electron chi connectivity index (χ3n) is 11.4. The van der Waals surface area contributed by atoms with Gasteiger partial charge in [-0.3, -0.25) is 9.59 Å². The van der Waals surface area contributed by atoms with Gasteiger partial charge in [-0.15, -0.1) is 0 Å². The van der Waals surface area contributed by atoms with Crippen molar-refractivity contribution in [1.82, 2.24) is 4.90 Å². The summed E-state index contributed by atoms with van der Waals surface area (Å²) in [5.41, 5.74) is 0. The van der Waals surface area contributed by atoms with Crippen LogP contribution in [0, 0.1) is 41.4 Å². The summed E-state index contributed by atoms with van der Waals surface area (Å²) < 4.78 is 11.3. The summed E-state index contributed by atoms with van der Waals surface area (Å²) in [6.45, 7) is 27.4. The molecule has 0 radical (unpaired) electrons. The van der Waals surface area contributed by atoms with Crippen LogP contribution in [0.5, 0.6) is 0 Å². The van der Waals surface area contributed by atoms with Crippen LogP contribution < -0.4 is 0 Å². The van der Waals surface area contributed by atoms with E-state index in [4.69, 9.17) is 9.47 Å². The number of esters is 2. The highest BCUT2D eigenvalue weighted by molar-refractivity contribution is 5.69. The fourth-order valence-corrected chi connectivity index (χ4v) is 7.20. The number of ether oxygens (including phenoxy) is 2. The van der Waals surface area contributed by atoms with Gasteiger partial charge in [0.25, 0.3) is 0 Å². The van der Waals surface area contributed by atoms with Gasteiger partial charge in [0.1, 0.15) is 0 Å². The fourth-order valence-electron chi connectivity index (χ4n) is 7.20. The first-order chi connectivity index (χ1) is 24.4. The van der Waals surface area contributed by atoms with E-state index in [-0.39, 0.29) is 11.9 Å². The zero-order chi connectivity index (χ0) is 38.3. The lowest BCUT2D eigenvalue weighted by Gasteiger charge is -2.25. The van der Waals surface area contributed by atoms with E-state index in [9.17, 15) is 9.59 Å². The zero-order valence-corrected chi connectivity index (χ0v) is 36.2. The first kappa shape index (κ1) is 49.9. The predicted octanol–water partition coefficient (Wildman–Crippen LogP) is 13.5. The lowest BCUT2D eigenvalue weighted by atomic mass is 9.89. The smallest absolute Gasteiger partial charge is 0.305 e. The Labute approximate surface area is 319 Å². The van der Waals surface area contributed by atoms with Crippen molar-refractivity contribution in [2.24, 2.45) is 41.4 Å². The van der Waals surface area contributed by atoms with Gasteiger partial charge in [0.2, 0.25) is 0 Å². The molecule has 0 spiro atoms. The molecule has 0 aliphatic heterocycles. The first-order valence-electron chi connectivity index (χ1n) is 22.4. The Hall–Kier alpha value is -1.10. The molecule has 0 aromatic heterocycles. The largest absolute Gasteiger partial charge is 0.465 e. The number of nitrogens with zero attached hydrogens (tertiary/aromatic N) is 1. The number of carbonyl (C=O) groups excluding carboxylic acids is 2. The van der Waals surface area contributed by atoms with E-state index in [0.29, 0.717) is 61.6 Å². The van der Waals surface area contributed by atoms with Gasteiger partial charge in [0, 0.05) is 19.4 Å². The van der Waals surface area contributed by atoms with E-state index in [1.807, 2.05) is 0 Å². The van der Waals surface area contributed by atoms with Gasteiger partial charge in [0.15, 0.2) is 0 Å². The first-order valence-corrected chi connectivity index (χ1v) is 22.4. The molecule has 0 saturated carbocycles. The van der Waals surface area contributed by atoms with Crippen molar-refractivity contribution < 1.29 is 19.1 Å². The normalized spacial score (nSPS) is 13.9. The molecule has 0 N–H and O–H groups in total. The minimum absolute atomic E-state index is 0.00126. The molecule has 0 aliphatic rings. The van der Waals surface area contributed by atoms with Crippen molar-refractivity contribution in [2.45, 2.75) is 210 Å². The van der Waals surface area contributed by atoms with Gasteiger partial charge in [-0.2, -0.15) is 0 Å². The maximum absolute atomic E-state index is 12.3. The van der Waals surface area contributed by atoms with Crippen LogP contribution in [0.2, 0.25) is 0 Å². The molecule has 0 heterocycles. The Morgan fingerprint density at radius 2 is 0.784 bits per heavy atom. The van der Waals surface area contributed by atoms with E-state index < -0.39 is 0 Å². The Morgan fingerprint density at radius 1 is 0.451 bits per heavy atom. The van der Waals surface area contributed by atoms with Crippen molar-refractivity contribution in [3.63, 3.8) is 0 Å². The number of rotatable bonds is 36. The Kier molecular flexibility index (Phi) is 32.7. The summed E-state index contributed by atoms with van der Waals surface area (Å²) in [4.78, 5) is 27.2. The Balaban J connectivity index is 4.05. The van der Waals surface area contributed by atoms with Crippen molar-refractivity contribution in [3.05, 3.63) is 0 Å². The van der Waals surface area contributed by atoms with Crippen LogP contribution in [-0.4, -0.2) is 49.7 Å². The summed E-state index contributed by atoms with van der Waals surface area (Å²) in [5.74, 6) is 4.34. The van der Waals surface area contributed by atoms with Crippen LogP contribution in [0.3, 0.4) is 0 Å². The van der Waals surface area contributed by atoms with Crippen molar-refractivity contribution in [1.29, 1.82) is 0 Å². The molecule has 0 aromatic carbocycles. The van der Waals surface area contributed by atoms with Crippen LogP contribution in [0.1, 0.15) is 210 Å². The molecule has 2 unspecified atom stereocenters. The molecule has 51 heavy (non-hydrogen) atoms. The van der Waals surface area contributed by atoms with E-state index in [0.717, 1.165) is 57.5 Å². The third kappa shape index (κ3) is 31.0. The molecule has 0 saturated heterocycles. The number of carbonyl (C=O) groups is 2. The highest BCUT2D eigenvalue weighted by Gasteiger charge is 2.18. The molecule has 5 nitrogen and oxygen atoms in total. The Bertz CT molecular complexity index is 732. The van der Waals surface area contributed by atoms with Crippen molar-refractivity contribution in [2.75, 3.05) is 32.8 Å². The number of hydrogen-bond donors (Lipinski definition) is 0. The standard InChI is InChI=1S/C46H91NO4/c1-11-47(12-2)35-42(27-23-19-15-13-17-21-25-29-45(48)50-36-43(40(7)8)33-31-38(3)4)28-24-20-16-14-18-22-26-30-46(49)51-37-44(41(9)10)34-32-39(5)6/h38-44H,11-37H2,1-10H3. The molecule has 5 heteroatoms. The molecular formula is C46H91NO4. The molecular weight excluding hydrogens is 631 g/mol. The quantitative estimate of drug-likeness (QED) is 0.0476. The van der Waals surface area contributed by atoms with Gasteiger partial charge in [-0.25, -0.2) is 0 Å². The summed E-state index contributed by atoms with van der Waals surface area (Å²) in [7, 11) is 0. The SMILES string of the molecule is CCN(CC)CC(CCCCCCCCCC(=O)OCC(CCC(C)C)C(C)C)CCCCCCCCCC(=O)OCC(CCC(C)C)C(C)C. The maximum Gasteiger partial charge on any atom is 0.305 e. The topological polar surface area (TPSA) is 55.8 Å². The van der Waals surface area contributed by atoms with Crippen LogP contribution in [0.25, 0.3) is 0 Å². The molecule has 304 valence electrons. The Morgan fingerprint density at radius 3 is 1.10 bits per heavy atom. The molecule has 0 fully saturated rings. The highest BCUT2D eigenvalue weighted by atomic mass is 16.5. The fraction of sp³-hybridized carbons (Fsp3) is 0.957. The third-order valence-corrected chi connectivity index (χ3v) is 11.4. The van der Waals surface area contributed by atoms with Crippen molar-refractivity contribution in [3.8, 4) is 0 Å². The monoisotopic (exact) mass is 722 g/mol. The molecule has 0 aliphatic carbocycles. The van der Waals surface area contributed by atoms with Gasteiger partial charge in [-0.05, 0) is 93.0 Å². The average Bonchev–Trinajstić information content (AvgIpc) is 3.07. The van der Waals surface area contributed by atoms with Crippen LogP contribution in [-0.2, 0) is 19.1 Å². The number of hydrogen-bond acceptors (Lipinski definition) is 5. The molecule has 2 atom stereocenters.